The van der Waals surface area contributed by atoms with E-state index in [0.717, 1.165) is 36.3 Å². The lowest BCUT2D eigenvalue weighted by Gasteiger charge is -2.36. The SMILES string of the molecule is O=C1c2ccccc2C2(c3cccc4c3Sc3ccccc3N4)CCCN12. The van der Waals surface area contributed by atoms with E-state index in [2.05, 4.69) is 64.8 Å². The summed E-state index contributed by atoms with van der Waals surface area (Å²) in [4.78, 5) is 17.7. The summed E-state index contributed by atoms with van der Waals surface area (Å²) in [6.07, 6.45) is 2.02. The molecule has 3 aromatic rings. The van der Waals surface area contributed by atoms with Gasteiger partial charge in [-0.05, 0) is 48.2 Å². The van der Waals surface area contributed by atoms with Gasteiger partial charge >= 0.3 is 0 Å². The second kappa shape index (κ2) is 5.40. The highest BCUT2D eigenvalue weighted by Gasteiger charge is 2.54. The second-order valence-corrected chi connectivity index (χ2v) is 8.42. The first-order valence-corrected chi connectivity index (χ1v) is 10.2. The summed E-state index contributed by atoms with van der Waals surface area (Å²) in [6.45, 7) is 0.825. The van der Waals surface area contributed by atoms with Gasteiger partial charge in [-0.2, -0.15) is 0 Å². The largest absolute Gasteiger partial charge is 0.354 e. The summed E-state index contributed by atoms with van der Waals surface area (Å²) in [7, 11) is 0. The van der Waals surface area contributed by atoms with Crippen LogP contribution in [0.5, 0.6) is 0 Å². The van der Waals surface area contributed by atoms with E-state index in [4.69, 9.17) is 0 Å². The number of carbonyl (C=O) groups excluding carboxylic acids is 1. The summed E-state index contributed by atoms with van der Waals surface area (Å²) >= 11 is 1.82. The van der Waals surface area contributed by atoms with Crippen LogP contribution in [0.15, 0.2) is 76.5 Å². The van der Waals surface area contributed by atoms with Gasteiger partial charge in [0.15, 0.2) is 0 Å². The van der Waals surface area contributed by atoms with Gasteiger partial charge in [0.2, 0.25) is 0 Å². The van der Waals surface area contributed by atoms with E-state index >= 15 is 0 Å². The Balaban J connectivity index is 1.60. The van der Waals surface area contributed by atoms with Gasteiger partial charge in [-0.1, -0.05) is 54.2 Å². The average Bonchev–Trinajstić information content (AvgIpc) is 3.25. The number of nitrogens with zero attached hydrogens (tertiary/aromatic N) is 1. The van der Waals surface area contributed by atoms with E-state index in [-0.39, 0.29) is 11.4 Å². The molecule has 0 aliphatic carbocycles. The first-order valence-electron chi connectivity index (χ1n) is 9.38. The molecule has 0 spiro atoms. The molecule has 1 unspecified atom stereocenters. The van der Waals surface area contributed by atoms with Crippen LogP contribution in [0.4, 0.5) is 11.4 Å². The van der Waals surface area contributed by atoms with Crippen LogP contribution in [0, 0.1) is 0 Å². The predicted molar refractivity (Wildman–Crippen MR) is 108 cm³/mol. The summed E-state index contributed by atoms with van der Waals surface area (Å²) in [5, 5.41) is 3.59. The Morgan fingerprint density at radius 3 is 2.63 bits per heavy atom. The number of hydrogen-bond acceptors (Lipinski definition) is 3. The summed E-state index contributed by atoms with van der Waals surface area (Å²) in [6, 6.07) is 23.0. The third-order valence-corrected chi connectivity index (χ3v) is 7.28. The number of para-hydroxylation sites is 1. The van der Waals surface area contributed by atoms with E-state index in [9.17, 15) is 4.79 Å². The minimum atomic E-state index is -0.333. The molecule has 1 fully saturated rings. The fraction of sp³-hybridized carbons (Fsp3) is 0.174. The minimum Gasteiger partial charge on any atom is -0.354 e. The number of rotatable bonds is 1. The van der Waals surface area contributed by atoms with Gasteiger partial charge in [-0.15, -0.1) is 0 Å². The molecule has 6 rings (SSSR count). The molecule has 27 heavy (non-hydrogen) atoms. The van der Waals surface area contributed by atoms with Gasteiger partial charge in [-0.25, -0.2) is 0 Å². The lowest BCUT2D eigenvalue weighted by Crippen LogP contribution is -2.40. The molecule has 1 amide bonds. The molecule has 3 aliphatic rings. The van der Waals surface area contributed by atoms with E-state index in [1.807, 2.05) is 23.9 Å². The zero-order valence-corrected chi connectivity index (χ0v) is 15.6. The van der Waals surface area contributed by atoms with Crippen molar-refractivity contribution in [3.8, 4) is 0 Å². The Morgan fingerprint density at radius 1 is 0.889 bits per heavy atom. The Kier molecular flexibility index (Phi) is 3.07. The van der Waals surface area contributed by atoms with Crippen molar-refractivity contribution in [1.29, 1.82) is 0 Å². The molecule has 3 heterocycles. The van der Waals surface area contributed by atoms with Gasteiger partial charge in [0.1, 0.15) is 0 Å². The Bertz CT molecular complexity index is 1110. The normalized spacial score (nSPS) is 21.9. The summed E-state index contributed by atoms with van der Waals surface area (Å²) < 4.78 is 0. The molecule has 1 atom stereocenters. The van der Waals surface area contributed by atoms with Crippen LogP contribution in [0.25, 0.3) is 0 Å². The maximum atomic E-state index is 13.1. The lowest BCUT2D eigenvalue weighted by molar-refractivity contribution is 0.0709. The molecule has 0 radical (unpaired) electrons. The maximum Gasteiger partial charge on any atom is 0.255 e. The third-order valence-electron chi connectivity index (χ3n) is 6.06. The Hall–Kier alpha value is -2.72. The highest BCUT2D eigenvalue weighted by molar-refractivity contribution is 7.99. The van der Waals surface area contributed by atoms with Gasteiger partial charge in [0, 0.05) is 21.9 Å². The van der Waals surface area contributed by atoms with Crippen LogP contribution in [-0.2, 0) is 5.54 Å². The van der Waals surface area contributed by atoms with Crippen molar-refractivity contribution in [2.45, 2.75) is 28.2 Å². The standard InChI is InChI=1S/C23H18N2OS/c26-22-15-7-1-2-8-16(15)23(13-6-14-25(22)23)17-9-5-11-19-21(17)27-20-12-4-3-10-18(20)24-19/h1-5,7-12,24H,6,13-14H2. The molecule has 1 saturated heterocycles. The molecule has 3 aliphatic heterocycles. The monoisotopic (exact) mass is 370 g/mol. The van der Waals surface area contributed by atoms with E-state index < -0.39 is 0 Å². The Morgan fingerprint density at radius 2 is 1.67 bits per heavy atom. The van der Waals surface area contributed by atoms with Crippen LogP contribution in [0.3, 0.4) is 0 Å². The predicted octanol–water partition coefficient (Wildman–Crippen LogP) is 5.39. The molecular formula is C23H18N2OS. The molecule has 4 heteroatoms. The van der Waals surface area contributed by atoms with Crippen molar-refractivity contribution in [3.63, 3.8) is 0 Å². The topological polar surface area (TPSA) is 32.3 Å². The fourth-order valence-electron chi connectivity index (χ4n) is 4.96. The molecular weight excluding hydrogens is 352 g/mol. The summed E-state index contributed by atoms with van der Waals surface area (Å²) in [5.74, 6) is 0.176. The van der Waals surface area contributed by atoms with Crippen molar-refractivity contribution in [3.05, 3.63) is 83.4 Å². The highest BCUT2D eigenvalue weighted by Crippen LogP contribution is 2.56. The molecule has 132 valence electrons. The van der Waals surface area contributed by atoms with Crippen LogP contribution >= 0.6 is 11.8 Å². The van der Waals surface area contributed by atoms with Crippen LogP contribution in [0.1, 0.15) is 34.3 Å². The van der Waals surface area contributed by atoms with E-state index in [0.29, 0.717) is 0 Å². The Labute approximate surface area is 162 Å². The first-order chi connectivity index (χ1) is 13.3. The lowest BCUT2D eigenvalue weighted by atomic mass is 9.81. The number of amides is 1. The van der Waals surface area contributed by atoms with Crippen molar-refractivity contribution in [2.24, 2.45) is 0 Å². The fourth-order valence-corrected chi connectivity index (χ4v) is 6.13. The number of benzene rings is 3. The van der Waals surface area contributed by atoms with Crippen molar-refractivity contribution < 1.29 is 4.79 Å². The second-order valence-electron chi connectivity index (χ2n) is 7.37. The minimum absolute atomic E-state index is 0.176. The molecule has 3 nitrogen and oxygen atoms in total. The number of hydrogen-bond donors (Lipinski definition) is 1. The van der Waals surface area contributed by atoms with Gasteiger partial charge in [0.25, 0.3) is 5.91 Å². The molecule has 0 bridgehead atoms. The van der Waals surface area contributed by atoms with Crippen LogP contribution in [0.2, 0.25) is 0 Å². The number of anilines is 2. The molecule has 3 aromatic carbocycles. The quantitative estimate of drug-likeness (QED) is 0.488. The van der Waals surface area contributed by atoms with Crippen molar-refractivity contribution >= 4 is 29.0 Å². The van der Waals surface area contributed by atoms with Crippen molar-refractivity contribution in [2.75, 3.05) is 11.9 Å². The van der Waals surface area contributed by atoms with Gasteiger partial charge in [-0.3, -0.25) is 4.79 Å². The van der Waals surface area contributed by atoms with E-state index in [1.165, 1.54) is 20.9 Å². The van der Waals surface area contributed by atoms with E-state index in [1.54, 1.807) is 0 Å². The molecule has 0 saturated carbocycles. The smallest absolute Gasteiger partial charge is 0.255 e. The molecule has 0 aromatic heterocycles. The maximum absolute atomic E-state index is 13.1. The third kappa shape index (κ3) is 1.91. The summed E-state index contributed by atoms with van der Waals surface area (Å²) in [5.41, 5.74) is 5.23. The highest BCUT2D eigenvalue weighted by atomic mass is 32.2. The zero-order chi connectivity index (χ0) is 18.0. The number of fused-ring (bicyclic) bond motifs is 5. The number of nitrogens with one attached hydrogen (secondary N) is 1. The van der Waals surface area contributed by atoms with Gasteiger partial charge < -0.3 is 10.2 Å². The van der Waals surface area contributed by atoms with Crippen LogP contribution in [-0.4, -0.2) is 17.4 Å². The molecule has 1 N–H and O–H groups in total. The first kappa shape index (κ1) is 15.3. The van der Waals surface area contributed by atoms with Gasteiger partial charge in [0.05, 0.1) is 16.9 Å². The van der Waals surface area contributed by atoms with Crippen LogP contribution < -0.4 is 5.32 Å². The zero-order valence-electron chi connectivity index (χ0n) is 14.7. The average molecular weight is 370 g/mol. The van der Waals surface area contributed by atoms with Crippen molar-refractivity contribution in [1.82, 2.24) is 4.90 Å². The number of carbonyl (C=O) groups is 1.